The van der Waals surface area contributed by atoms with Crippen LogP contribution < -0.4 is 5.73 Å². The van der Waals surface area contributed by atoms with E-state index in [1.807, 2.05) is 0 Å². The molecule has 1 aliphatic heterocycles. The molecule has 8 heteroatoms. The van der Waals surface area contributed by atoms with Gasteiger partial charge in [-0.3, -0.25) is 0 Å². The minimum atomic E-state index is -4.30. The first kappa shape index (κ1) is 16.3. The van der Waals surface area contributed by atoms with Crippen LogP contribution in [0, 0.1) is 0 Å². The summed E-state index contributed by atoms with van der Waals surface area (Å²) >= 11 is 0. The molecule has 1 aromatic rings. The van der Waals surface area contributed by atoms with Crippen LogP contribution in [0.2, 0.25) is 0 Å². The molecule has 2 N–H and O–H groups in total. The van der Waals surface area contributed by atoms with Gasteiger partial charge in [0.05, 0.1) is 11.3 Å². The predicted octanol–water partition coefficient (Wildman–Crippen LogP) is 1.90. The highest BCUT2D eigenvalue weighted by Crippen LogP contribution is 2.24. The normalized spacial score (nSPS) is 18.9. The van der Waals surface area contributed by atoms with E-state index in [1.165, 1.54) is 28.6 Å². The molecule has 0 spiro atoms. The highest BCUT2D eigenvalue weighted by Gasteiger charge is 2.30. The number of rotatable bonds is 3. The molecule has 1 aromatic carbocycles. The van der Waals surface area contributed by atoms with E-state index < -0.39 is 22.6 Å². The molecule has 1 saturated heterocycles. The minimum absolute atomic E-state index is 0.00520. The van der Waals surface area contributed by atoms with Gasteiger partial charge in [0, 0.05) is 19.1 Å². The van der Waals surface area contributed by atoms with Crippen LogP contribution in [-0.2, 0) is 16.4 Å². The summed E-state index contributed by atoms with van der Waals surface area (Å²) in [5, 5.41) is 0. The van der Waals surface area contributed by atoms with Crippen LogP contribution >= 0.6 is 0 Å². The maximum atomic E-state index is 12.4. The lowest BCUT2D eigenvalue weighted by Gasteiger charge is -2.29. The van der Waals surface area contributed by atoms with Crippen LogP contribution in [0.5, 0.6) is 0 Å². The van der Waals surface area contributed by atoms with Gasteiger partial charge in [0.25, 0.3) is 0 Å². The SMILES string of the molecule is NC1CCN(S(=O)(=O)c2ccc(CC(F)(F)F)cc2)CC1. The van der Waals surface area contributed by atoms with Crippen LogP contribution in [0.4, 0.5) is 13.2 Å². The molecule has 1 heterocycles. The zero-order chi connectivity index (χ0) is 15.7. The van der Waals surface area contributed by atoms with Crippen LogP contribution in [0.25, 0.3) is 0 Å². The molecule has 1 aliphatic rings. The van der Waals surface area contributed by atoms with Gasteiger partial charge >= 0.3 is 6.18 Å². The van der Waals surface area contributed by atoms with Crippen molar-refractivity contribution in [1.82, 2.24) is 4.31 Å². The van der Waals surface area contributed by atoms with Gasteiger partial charge in [-0.1, -0.05) is 12.1 Å². The summed E-state index contributed by atoms with van der Waals surface area (Å²) in [6.07, 6.45) is -4.19. The molecule has 0 unspecified atom stereocenters. The third kappa shape index (κ3) is 4.18. The Labute approximate surface area is 121 Å². The fourth-order valence-corrected chi connectivity index (χ4v) is 3.75. The Morgan fingerprint density at radius 2 is 1.67 bits per heavy atom. The zero-order valence-electron chi connectivity index (χ0n) is 11.3. The molecule has 0 amide bonds. The van der Waals surface area contributed by atoms with Crippen LogP contribution in [-0.4, -0.2) is 38.0 Å². The topological polar surface area (TPSA) is 63.4 Å². The van der Waals surface area contributed by atoms with Crippen molar-refractivity contribution in [3.05, 3.63) is 29.8 Å². The average Bonchev–Trinajstić information content (AvgIpc) is 2.38. The first-order valence-corrected chi connectivity index (χ1v) is 8.04. The minimum Gasteiger partial charge on any atom is -0.328 e. The van der Waals surface area contributed by atoms with Crippen LogP contribution in [0.3, 0.4) is 0 Å². The maximum Gasteiger partial charge on any atom is 0.393 e. The summed E-state index contributed by atoms with van der Waals surface area (Å²) in [4.78, 5) is 0.0175. The maximum absolute atomic E-state index is 12.4. The van der Waals surface area contributed by atoms with E-state index in [-0.39, 0.29) is 16.5 Å². The Kier molecular flexibility index (Phi) is 4.60. The molecular formula is C13H17F3N2O2S. The van der Waals surface area contributed by atoms with Crippen LogP contribution in [0.15, 0.2) is 29.2 Å². The van der Waals surface area contributed by atoms with Crippen molar-refractivity contribution in [1.29, 1.82) is 0 Å². The van der Waals surface area contributed by atoms with Gasteiger partial charge < -0.3 is 5.73 Å². The second-order valence-corrected chi connectivity index (χ2v) is 7.12. The molecule has 21 heavy (non-hydrogen) atoms. The lowest BCUT2D eigenvalue weighted by atomic mass is 10.1. The second kappa shape index (κ2) is 5.94. The summed E-state index contributed by atoms with van der Waals surface area (Å²) < 4.78 is 62.8. The van der Waals surface area contributed by atoms with E-state index in [0.717, 1.165) is 0 Å². The van der Waals surface area contributed by atoms with E-state index in [9.17, 15) is 21.6 Å². The number of piperidine rings is 1. The molecule has 0 aliphatic carbocycles. The highest BCUT2D eigenvalue weighted by atomic mass is 32.2. The smallest absolute Gasteiger partial charge is 0.328 e. The number of halogens is 3. The Morgan fingerprint density at radius 1 is 1.14 bits per heavy atom. The fourth-order valence-electron chi connectivity index (χ4n) is 2.28. The largest absolute Gasteiger partial charge is 0.393 e. The standard InChI is InChI=1S/C13H17F3N2O2S/c14-13(15,16)9-10-1-3-12(4-2-10)21(19,20)18-7-5-11(17)6-8-18/h1-4,11H,5-9,17H2. The zero-order valence-corrected chi connectivity index (χ0v) is 12.1. The molecule has 0 aromatic heterocycles. The molecule has 4 nitrogen and oxygen atoms in total. The lowest BCUT2D eigenvalue weighted by Crippen LogP contribution is -2.42. The molecule has 118 valence electrons. The van der Waals surface area contributed by atoms with Crippen molar-refractivity contribution < 1.29 is 21.6 Å². The number of nitrogens with zero attached hydrogens (tertiary/aromatic N) is 1. The van der Waals surface area contributed by atoms with Gasteiger partial charge in [-0.15, -0.1) is 0 Å². The number of hydrogen-bond donors (Lipinski definition) is 1. The number of sulfonamides is 1. The van der Waals surface area contributed by atoms with Crippen molar-refractivity contribution in [2.75, 3.05) is 13.1 Å². The summed E-state index contributed by atoms with van der Waals surface area (Å²) in [5.41, 5.74) is 5.77. The van der Waals surface area contributed by atoms with E-state index in [1.54, 1.807) is 0 Å². The fraction of sp³-hybridized carbons (Fsp3) is 0.538. The lowest BCUT2D eigenvalue weighted by molar-refractivity contribution is -0.127. The summed E-state index contributed by atoms with van der Waals surface area (Å²) in [7, 11) is -3.65. The van der Waals surface area contributed by atoms with Gasteiger partial charge in [0.15, 0.2) is 0 Å². The summed E-state index contributed by atoms with van der Waals surface area (Å²) in [5.74, 6) is 0. The Morgan fingerprint density at radius 3 is 2.14 bits per heavy atom. The third-order valence-electron chi connectivity index (χ3n) is 3.46. The van der Waals surface area contributed by atoms with Crippen molar-refractivity contribution in [2.24, 2.45) is 5.73 Å². The Balaban J connectivity index is 2.14. The predicted molar refractivity (Wildman–Crippen MR) is 72.2 cm³/mol. The highest BCUT2D eigenvalue weighted by molar-refractivity contribution is 7.89. The number of benzene rings is 1. The molecule has 2 rings (SSSR count). The first-order valence-electron chi connectivity index (χ1n) is 6.60. The molecule has 1 fully saturated rings. The second-order valence-electron chi connectivity index (χ2n) is 5.18. The molecule has 0 radical (unpaired) electrons. The number of nitrogens with two attached hydrogens (primary N) is 1. The summed E-state index contributed by atoms with van der Waals surface area (Å²) in [6.45, 7) is 0.682. The van der Waals surface area contributed by atoms with E-state index >= 15 is 0 Å². The van der Waals surface area contributed by atoms with E-state index in [4.69, 9.17) is 5.73 Å². The molecule has 0 bridgehead atoms. The van der Waals surface area contributed by atoms with Gasteiger partial charge in [-0.2, -0.15) is 17.5 Å². The Hall–Kier alpha value is -1.12. The number of alkyl halides is 3. The average molecular weight is 322 g/mol. The molecule has 0 atom stereocenters. The molecule has 0 saturated carbocycles. The van der Waals surface area contributed by atoms with Crippen molar-refractivity contribution >= 4 is 10.0 Å². The number of hydrogen-bond acceptors (Lipinski definition) is 3. The quantitative estimate of drug-likeness (QED) is 0.924. The van der Waals surface area contributed by atoms with Gasteiger partial charge in [-0.05, 0) is 30.5 Å². The first-order chi connectivity index (χ1) is 9.68. The summed E-state index contributed by atoms with van der Waals surface area (Å²) in [6, 6.07) is 4.87. The van der Waals surface area contributed by atoms with Gasteiger partial charge in [0.2, 0.25) is 10.0 Å². The Bertz CT molecular complexity index is 576. The van der Waals surface area contributed by atoms with E-state index in [2.05, 4.69) is 0 Å². The monoisotopic (exact) mass is 322 g/mol. The third-order valence-corrected chi connectivity index (χ3v) is 5.38. The van der Waals surface area contributed by atoms with Gasteiger partial charge in [0.1, 0.15) is 0 Å². The molecular weight excluding hydrogens is 305 g/mol. The van der Waals surface area contributed by atoms with Crippen molar-refractivity contribution in [2.45, 2.75) is 36.4 Å². The van der Waals surface area contributed by atoms with Crippen molar-refractivity contribution in [3.8, 4) is 0 Å². The van der Waals surface area contributed by atoms with Gasteiger partial charge in [-0.25, -0.2) is 8.42 Å². The van der Waals surface area contributed by atoms with Crippen molar-refractivity contribution in [3.63, 3.8) is 0 Å². The van der Waals surface area contributed by atoms with Crippen LogP contribution in [0.1, 0.15) is 18.4 Å². The van der Waals surface area contributed by atoms with E-state index in [0.29, 0.717) is 25.9 Å².